The van der Waals surface area contributed by atoms with Gasteiger partial charge < -0.3 is 5.48 Å². The van der Waals surface area contributed by atoms with Crippen LogP contribution in [0.15, 0.2) is 0 Å². The molecule has 7 heavy (non-hydrogen) atoms. The maximum absolute atomic E-state index is 8.49. The van der Waals surface area contributed by atoms with Gasteiger partial charge in [0.25, 0.3) is 0 Å². The molecule has 0 aliphatic carbocycles. The van der Waals surface area contributed by atoms with Gasteiger partial charge in [0, 0.05) is 0 Å². The molecular formula is H2ClHgO5+. The van der Waals surface area contributed by atoms with Gasteiger partial charge in [-0.1, -0.05) is 0 Å². The summed E-state index contributed by atoms with van der Waals surface area (Å²) in [5, 5.41) is 0. The number of hydrogen-bond acceptors (Lipinski definition) is 4. The SMILES string of the molecule is O.[Hg+2].[O-][Cl+3]([O-])([O-])[O-]. The van der Waals surface area contributed by atoms with E-state index in [0.29, 0.717) is 0 Å². The van der Waals surface area contributed by atoms with Crippen LogP contribution in [0.2, 0.25) is 0 Å². The van der Waals surface area contributed by atoms with Crippen molar-refractivity contribution in [3.05, 3.63) is 0 Å². The first kappa shape index (κ1) is 15.7. The van der Waals surface area contributed by atoms with Crippen LogP contribution in [0.3, 0.4) is 0 Å². The number of hydrogen-bond donors (Lipinski definition) is 0. The molecule has 0 aliphatic rings. The van der Waals surface area contributed by atoms with E-state index in [2.05, 4.69) is 0 Å². The van der Waals surface area contributed by atoms with Crippen molar-refractivity contribution in [3.8, 4) is 0 Å². The second kappa shape index (κ2) is 5.17. The molecule has 0 saturated carbocycles. The molecule has 5 nitrogen and oxygen atoms in total. The molecule has 0 fully saturated rings. The third kappa shape index (κ3) is 169. The van der Waals surface area contributed by atoms with Crippen molar-refractivity contribution < 1.29 is 62.0 Å². The molecule has 0 rings (SSSR count). The largest absolute Gasteiger partial charge is 2.00 e. The third-order valence-corrected chi connectivity index (χ3v) is 0. The second-order valence-corrected chi connectivity index (χ2v) is 1.13. The van der Waals surface area contributed by atoms with E-state index < -0.39 is 10.2 Å². The molecule has 0 atom stereocenters. The van der Waals surface area contributed by atoms with Gasteiger partial charge in [-0.05, 0) is 0 Å². The predicted molar refractivity (Wildman–Crippen MR) is 3.61 cm³/mol. The first-order valence-electron chi connectivity index (χ1n) is 0.617. The summed E-state index contributed by atoms with van der Waals surface area (Å²) < 4.78 is 34.0. The van der Waals surface area contributed by atoms with Crippen LogP contribution in [0.25, 0.3) is 0 Å². The van der Waals surface area contributed by atoms with E-state index in [1.54, 1.807) is 0 Å². The summed E-state index contributed by atoms with van der Waals surface area (Å²) in [5.74, 6) is 0. The Balaban J connectivity index is -0.0000000800. The molecule has 0 amide bonds. The molecule has 40 valence electrons. The zero-order valence-electron chi connectivity index (χ0n) is 3.22. The zero-order valence-corrected chi connectivity index (χ0v) is 9.47. The summed E-state index contributed by atoms with van der Waals surface area (Å²) in [6.07, 6.45) is 0. The smallest absolute Gasteiger partial charge is 0.412 e. The molecule has 0 spiro atoms. The molecule has 0 bridgehead atoms. The summed E-state index contributed by atoms with van der Waals surface area (Å²) in [6.45, 7) is 0. The fourth-order valence-electron chi connectivity index (χ4n) is 0. The Kier molecular flexibility index (Phi) is 11.6. The van der Waals surface area contributed by atoms with Crippen LogP contribution in [-0.2, 0) is 27.7 Å². The van der Waals surface area contributed by atoms with Crippen molar-refractivity contribution in [1.82, 2.24) is 0 Å². The van der Waals surface area contributed by atoms with E-state index >= 15 is 0 Å². The van der Waals surface area contributed by atoms with Crippen molar-refractivity contribution in [2.45, 2.75) is 0 Å². The van der Waals surface area contributed by atoms with Gasteiger partial charge in [0.1, 0.15) is 0 Å². The van der Waals surface area contributed by atoms with E-state index in [1.165, 1.54) is 0 Å². The van der Waals surface area contributed by atoms with Gasteiger partial charge in [0.2, 0.25) is 0 Å². The summed E-state index contributed by atoms with van der Waals surface area (Å²) in [4.78, 5) is 0. The average Bonchev–Trinajstić information content (AvgIpc) is 0.722. The van der Waals surface area contributed by atoms with Crippen molar-refractivity contribution in [2.24, 2.45) is 0 Å². The Bertz CT molecular complexity index is 23.6. The normalized spacial score (nSPS) is 8.57. The monoisotopic (exact) mass is 319 g/mol. The van der Waals surface area contributed by atoms with Gasteiger partial charge in [-0.3, -0.25) is 0 Å². The van der Waals surface area contributed by atoms with Crippen LogP contribution in [0, 0.1) is 10.2 Å². The summed E-state index contributed by atoms with van der Waals surface area (Å²) >= 11 is 0. The van der Waals surface area contributed by atoms with E-state index in [-0.39, 0.29) is 33.1 Å². The minimum Gasteiger partial charge on any atom is -0.412 e. The van der Waals surface area contributed by atoms with E-state index in [0.717, 1.165) is 0 Å². The molecule has 2 N–H and O–H groups in total. The van der Waals surface area contributed by atoms with Gasteiger partial charge in [0.05, 0.1) is 0 Å². The zero-order chi connectivity index (χ0) is 4.50. The average molecular weight is 318 g/mol. The summed E-state index contributed by atoms with van der Waals surface area (Å²) in [6, 6.07) is 0. The minimum absolute atomic E-state index is 0. The van der Waals surface area contributed by atoms with Crippen LogP contribution in [0.4, 0.5) is 0 Å². The molecule has 0 unspecified atom stereocenters. The fraction of sp³-hybridized carbons (Fsp3) is 0. The van der Waals surface area contributed by atoms with E-state index in [9.17, 15) is 0 Å². The molecule has 7 heteroatoms. The van der Waals surface area contributed by atoms with Crippen LogP contribution in [-0.4, -0.2) is 5.48 Å². The van der Waals surface area contributed by atoms with Crippen LogP contribution >= 0.6 is 0 Å². The quantitative estimate of drug-likeness (QED) is 0.413. The first-order valence-corrected chi connectivity index (χ1v) is 1.85. The maximum Gasteiger partial charge on any atom is 2.00 e. The van der Waals surface area contributed by atoms with Crippen molar-refractivity contribution in [2.75, 3.05) is 0 Å². The molecule has 0 saturated heterocycles. The standard InChI is InChI=1S/ClHO4.Hg.H2O/c2-1(3,4)5;;/h(H,2,3,4,5);;1H2/q;+2;/p-1. The topological polar surface area (TPSA) is 124 Å². The Morgan fingerprint density at radius 2 is 0.857 bits per heavy atom. The van der Waals surface area contributed by atoms with Gasteiger partial charge in [0.15, 0.2) is 0 Å². The van der Waals surface area contributed by atoms with Gasteiger partial charge in [-0.25, -0.2) is 18.6 Å². The molecule has 0 aromatic heterocycles. The van der Waals surface area contributed by atoms with Crippen molar-refractivity contribution >= 4 is 0 Å². The summed E-state index contributed by atoms with van der Waals surface area (Å²) in [5.41, 5.74) is 0. The fourth-order valence-corrected chi connectivity index (χ4v) is 0. The van der Waals surface area contributed by atoms with E-state index in [4.69, 9.17) is 18.6 Å². The Hall–Kier alpha value is 1.03. The molecule has 0 aromatic rings. The van der Waals surface area contributed by atoms with Crippen molar-refractivity contribution in [3.63, 3.8) is 0 Å². The van der Waals surface area contributed by atoms with Gasteiger partial charge >= 0.3 is 27.7 Å². The molecule has 0 aliphatic heterocycles. The Morgan fingerprint density at radius 1 is 0.857 bits per heavy atom. The van der Waals surface area contributed by atoms with Crippen LogP contribution in [0.5, 0.6) is 0 Å². The second-order valence-electron chi connectivity index (χ2n) is 0.378. The maximum atomic E-state index is 8.49. The van der Waals surface area contributed by atoms with Gasteiger partial charge in [-0.2, -0.15) is 0 Å². The summed E-state index contributed by atoms with van der Waals surface area (Å²) in [7, 11) is -4.94. The molecular weight excluding hydrogens is 316 g/mol. The van der Waals surface area contributed by atoms with E-state index in [1.807, 2.05) is 0 Å². The Morgan fingerprint density at radius 3 is 0.857 bits per heavy atom. The number of rotatable bonds is 0. The van der Waals surface area contributed by atoms with Gasteiger partial charge in [-0.15, -0.1) is 10.2 Å². The number of halogens is 1. The third-order valence-electron chi connectivity index (χ3n) is 0. The predicted octanol–water partition coefficient (Wildman–Crippen LogP) is -5.58. The first-order chi connectivity index (χ1) is 2.00. The van der Waals surface area contributed by atoms with Crippen molar-refractivity contribution in [1.29, 1.82) is 0 Å². The molecule has 0 radical (unpaired) electrons. The minimum atomic E-state index is -4.94. The van der Waals surface area contributed by atoms with Crippen LogP contribution < -0.4 is 18.6 Å². The molecule has 0 heterocycles. The molecule has 0 aromatic carbocycles. The Labute approximate surface area is 62.1 Å². The van der Waals surface area contributed by atoms with Crippen LogP contribution in [0.1, 0.15) is 0 Å².